The minimum Gasteiger partial charge on any atom is -0.481 e. The zero-order valence-corrected chi connectivity index (χ0v) is 9.68. The topological polar surface area (TPSA) is 66.4 Å². The predicted molar refractivity (Wildman–Crippen MR) is 60.0 cm³/mol. The lowest BCUT2D eigenvalue weighted by Gasteiger charge is -2.28. The monoisotopic (exact) mass is 231 g/mol. The first-order valence-corrected chi connectivity index (χ1v) is 6.44. The first-order chi connectivity index (χ1) is 7.11. The van der Waals surface area contributed by atoms with E-state index >= 15 is 0 Å². The summed E-state index contributed by atoms with van der Waals surface area (Å²) in [5.41, 5.74) is 0. The summed E-state index contributed by atoms with van der Waals surface area (Å²) in [6.07, 6.45) is 5.91. The highest BCUT2D eigenvalue weighted by Gasteiger charge is 2.22. The van der Waals surface area contributed by atoms with Crippen molar-refractivity contribution in [2.45, 2.75) is 43.4 Å². The molecule has 1 fully saturated rings. The first-order valence-electron chi connectivity index (χ1n) is 5.15. The molecule has 1 rings (SSSR count). The number of carbonyl (C=O) groups excluding carboxylic acids is 1. The van der Waals surface area contributed by atoms with Crippen LogP contribution >= 0.6 is 11.8 Å². The number of aliphatic carboxylic acids is 1. The zero-order chi connectivity index (χ0) is 11.3. The number of amides is 1. The Morgan fingerprint density at radius 3 is 2.80 bits per heavy atom. The molecule has 0 aromatic heterocycles. The summed E-state index contributed by atoms with van der Waals surface area (Å²) < 4.78 is 0. The highest BCUT2D eigenvalue weighted by molar-refractivity contribution is 7.99. The number of hydrogen-bond donors (Lipinski definition) is 2. The Kier molecular flexibility index (Phi) is 4.94. The van der Waals surface area contributed by atoms with Crippen molar-refractivity contribution in [2.75, 3.05) is 6.26 Å². The van der Waals surface area contributed by atoms with Gasteiger partial charge in [0.2, 0.25) is 5.91 Å². The molecule has 2 atom stereocenters. The number of hydrogen-bond acceptors (Lipinski definition) is 3. The molecule has 1 aliphatic rings. The Labute approximate surface area is 93.8 Å². The minimum absolute atomic E-state index is 0.169. The third-order valence-corrected chi connectivity index (χ3v) is 3.73. The number of carboxylic acids is 1. The third-order valence-electron chi connectivity index (χ3n) is 2.64. The van der Waals surface area contributed by atoms with E-state index in [-0.39, 0.29) is 11.9 Å². The van der Waals surface area contributed by atoms with Crippen LogP contribution in [0.3, 0.4) is 0 Å². The molecule has 0 radical (unpaired) electrons. The average Bonchev–Trinajstić information content (AvgIpc) is 2.16. The number of carbonyl (C=O) groups is 2. The van der Waals surface area contributed by atoms with Gasteiger partial charge in [-0.15, -0.1) is 0 Å². The van der Waals surface area contributed by atoms with Gasteiger partial charge >= 0.3 is 5.97 Å². The fourth-order valence-electron chi connectivity index (χ4n) is 1.91. The molecule has 0 bridgehead atoms. The van der Waals surface area contributed by atoms with Crippen LogP contribution in [0, 0.1) is 0 Å². The lowest BCUT2D eigenvalue weighted by atomic mass is 9.95. The summed E-state index contributed by atoms with van der Waals surface area (Å²) in [7, 11) is 0. The van der Waals surface area contributed by atoms with Gasteiger partial charge in [-0.05, 0) is 25.5 Å². The van der Waals surface area contributed by atoms with Crippen LogP contribution in [-0.4, -0.2) is 34.5 Å². The molecule has 15 heavy (non-hydrogen) atoms. The van der Waals surface area contributed by atoms with Gasteiger partial charge in [0.05, 0.1) is 0 Å². The average molecular weight is 231 g/mol. The summed E-state index contributed by atoms with van der Waals surface area (Å²) in [4.78, 5) is 21.5. The van der Waals surface area contributed by atoms with Crippen molar-refractivity contribution >= 4 is 23.6 Å². The summed E-state index contributed by atoms with van der Waals surface area (Å²) in [5.74, 6) is -1.43. The lowest BCUT2D eigenvalue weighted by Crippen LogP contribution is -2.39. The molecule has 2 unspecified atom stereocenters. The van der Waals surface area contributed by atoms with Crippen molar-refractivity contribution in [2.24, 2.45) is 0 Å². The fourth-order valence-corrected chi connectivity index (χ4v) is 2.73. The van der Waals surface area contributed by atoms with Crippen LogP contribution < -0.4 is 5.32 Å². The van der Waals surface area contributed by atoms with Crippen molar-refractivity contribution in [1.29, 1.82) is 0 Å². The van der Waals surface area contributed by atoms with Gasteiger partial charge in [0, 0.05) is 11.3 Å². The van der Waals surface area contributed by atoms with Crippen molar-refractivity contribution in [3.63, 3.8) is 0 Å². The zero-order valence-electron chi connectivity index (χ0n) is 8.86. The van der Waals surface area contributed by atoms with Crippen LogP contribution in [0.2, 0.25) is 0 Å². The molecule has 86 valence electrons. The third kappa shape index (κ3) is 4.55. The van der Waals surface area contributed by atoms with Crippen LogP contribution in [0.25, 0.3) is 0 Å². The maximum Gasteiger partial charge on any atom is 0.312 e. The normalized spacial score (nSPS) is 25.9. The van der Waals surface area contributed by atoms with E-state index in [2.05, 4.69) is 11.6 Å². The molecule has 0 aliphatic heterocycles. The fraction of sp³-hybridized carbons (Fsp3) is 0.800. The molecule has 0 heterocycles. The Balaban J connectivity index is 2.31. The molecule has 5 heteroatoms. The van der Waals surface area contributed by atoms with Crippen LogP contribution in [0.15, 0.2) is 0 Å². The number of rotatable bonds is 4. The van der Waals surface area contributed by atoms with Crippen molar-refractivity contribution in [1.82, 2.24) is 5.32 Å². The summed E-state index contributed by atoms with van der Waals surface area (Å²) >= 11 is 1.82. The van der Waals surface area contributed by atoms with Gasteiger partial charge in [-0.25, -0.2) is 0 Å². The van der Waals surface area contributed by atoms with Crippen LogP contribution in [0.1, 0.15) is 32.1 Å². The maximum absolute atomic E-state index is 11.2. The van der Waals surface area contributed by atoms with Gasteiger partial charge in [0.15, 0.2) is 0 Å². The second-order valence-corrected chi connectivity index (χ2v) is 5.00. The standard InChI is InChI=1S/C10H17NO3S/c1-15-8-4-2-3-7(5-8)11-9(12)6-10(13)14/h7-8H,2-6H2,1H3,(H,11,12)(H,13,14). The molecule has 0 saturated heterocycles. The van der Waals surface area contributed by atoms with E-state index in [0.717, 1.165) is 19.3 Å². The molecule has 0 aromatic rings. The second-order valence-electron chi connectivity index (χ2n) is 3.86. The van der Waals surface area contributed by atoms with Gasteiger partial charge in [0.25, 0.3) is 0 Å². The predicted octanol–water partition coefficient (Wildman–Crippen LogP) is 1.25. The Hall–Kier alpha value is -0.710. The quantitative estimate of drug-likeness (QED) is 0.715. The maximum atomic E-state index is 11.2. The lowest BCUT2D eigenvalue weighted by molar-refractivity contribution is -0.140. The number of carboxylic acid groups (broad SMARTS) is 1. The van der Waals surface area contributed by atoms with E-state index in [4.69, 9.17) is 5.11 Å². The molecule has 1 saturated carbocycles. The molecule has 0 aromatic carbocycles. The largest absolute Gasteiger partial charge is 0.481 e. The molecule has 1 aliphatic carbocycles. The Bertz CT molecular complexity index is 245. The van der Waals surface area contributed by atoms with Gasteiger partial charge in [0.1, 0.15) is 6.42 Å². The van der Waals surface area contributed by atoms with E-state index in [0.29, 0.717) is 5.25 Å². The van der Waals surface area contributed by atoms with E-state index in [9.17, 15) is 9.59 Å². The van der Waals surface area contributed by atoms with Crippen molar-refractivity contribution < 1.29 is 14.7 Å². The minimum atomic E-state index is -1.07. The molecular formula is C10H17NO3S. The molecule has 0 spiro atoms. The second kappa shape index (κ2) is 6.00. The summed E-state index contributed by atoms with van der Waals surface area (Å²) in [6.45, 7) is 0. The number of nitrogens with one attached hydrogen (secondary N) is 1. The molecule has 4 nitrogen and oxygen atoms in total. The van der Waals surface area contributed by atoms with Gasteiger partial charge in [-0.3, -0.25) is 9.59 Å². The smallest absolute Gasteiger partial charge is 0.312 e. The number of thioether (sulfide) groups is 1. The Morgan fingerprint density at radius 1 is 1.47 bits per heavy atom. The van der Waals surface area contributed by atoms with Crippen LogP contribution in [0.4, 0.5) is 0 Å². The van der Waals surface area contributed by atoms with Gasteiger partial charge < -0.3 is 10.4 Å². The van der Waals surface area contributed by atoms with E-state index in [1.165, 1.54) is 6.42 Å². The summed E-state index contributed by atoms with van der Waals surface area (Å²) in [5, 5.41) is 11.8. The van der Waals surface area contributed by atoms with Gasteiger partial charge in [-0.2, -0.15) is 11.8 Å². The van der Waals surface area contributed by atoms with Crippen molar-refractivity contribution in [3.05, 3.63) is 0 Å². The highest BCUT2D eigenvalue weighted by atomic mass is 32.2. The summed E-state index contributed by atoms with van der Waals surface area (Å²) in [6, 6.07) is 0.169. The van der Waals surface area contributed by atoms with Crippen LogP contribution in [-0.2, 0) is 9.59 Å². The molecule has 2 N–H and O–H groups in total. The van der Waals surface area contributed by atoms with E-state index in [1.54, 1.807) is 0 Å². The molecular weight excluding hydrogens is 214 g/mol. The van der Waals surface area contributed by atoms with Crippen molar-refractivity contribution in [3.8, 4) is 0 Å². The van der Waals surface area contributed by atoms with E-state index < -0.39 is 12.4 Å². The first kappa shape index (κ1) is 12.4. The van der Waals surface area contributed by atoms with Gasteiger partial charge in [-0.1, -0.05) is 6.42 Å². The van der Waals surface area contributed by atoms with E-state index in [1.807, 2.05) is 11.8 Å². The SMILES string of the molecule is CSC1CCCC(NC(=O)CC(=O)O)C1. The van der Waals surface area contributed by atoms with Crippen LogP contribution in [0.5, 0.6) is 0 Å². The molecule has 1 amide bonds. The highest BCUT2D eigenvalue weighted by Crippen LogP contribution is 2.26. The Morgan fingerprint density at radius 2 is 2.20 bits per heavy atom.